The molecule has 1 saturated carbocycles. The molecule has 2 rings (SSSR count). The minimum Gasteiger partial charge on any atom is -0.312 e. The number of benzene rings is 1. The van der Waals surface area contributed by atoms with E-state index in [4.69, 9.17) is 0 Å². The number of rotatable bonds is 4. The molecule has 0 aliphatic heterocycles. The van der Waals surface area contributed by atoms with Crippen LogP contribution >= 0.6 is 15.9 Å². The van der Waals surface area contributed by atoms with Crippen molar-refractivity contribution in [3.05, 3.63) is 34.1 Å². The highest BCUT2D eigenvalue weighted by Gasteiger charge is 2.44. The van der Waals surface area contributed by atoms with Gasteiger partial charge in [-0.25, -0.2) is 4.39 Å². The van der Waals surface area contributed by atoms with Gasteiger partial charge in [-0.1, -0.05) is 19.9 Å². The molecule has 0 aromatic heterocycles. The summed E-state index contributed by atoms with van der Waals surface area (Å²) in [6.45, 7) is 6.36. The summed E-state index contributed by atoms with van der Waals surface area (Å²) >= 11 is 3.15. The number of nitrogens with one attached hydrogen (secondary N) is 1. The fourth-order valence-corrected chi connectivity index (χ4v) is 2.21. The van der Waals surface area contributed by atoms with Crippen molar-refractivity contribution in [2.24, 2.45) is 11.3 Å². The lowest BCUT2D eigenvalue weighted by Gasteiger charge is -2.07. The minimum atomic E-state index is -0.189. The Hall–Kier alpha value is -0.410. The summed E-state index contributed by atoms with van der Waals surface area (Å²) in [6, 6.07) is 5.28. The van der Waals surface area contributed by atoms with Gasteiger partial charge in [0.2, 0.25) is 0 Å². The molecule has 88 valence electrons. The summed E-state index contributed by atoms with van der Waals surface area (Å²) in [5.74, 6) is 0.596. The van der Waals surface area contributed by atoms with Gasteiger partial charge in [0.05, 0.1) is 4.47 Å². The first-order valence-corrected chi connectivity index (χ1v) is 6.43. The van der Waals surface area contributed by atoms with Crippen LogP contribution in [0.2, 0.25) is 0 Å². The topological polar surface area (TPSA) is 12.0 Å². The SMILES string of the molecule is CC1(C)CC1CNCc1ccc(Br)c(F)c1. The molecule has 1 N–H and O–H groups in total. The molecule has 1 fully saturated rings. The van der Waals surface area contributed by atoms with E-state index < -0.39 is 0 Å². The van der Waals surface area contributed by atoms with Crippen LogP contribution in [0.3, 0.4) is 0 Å². The molecule has 1 nitrogen and oxygen atoms in total. The van der Waals surface area contributed by atoms with Crippen LogP contribution in [0.1, 0.15) is 25.8 Å². The van der Waals surface area contributed by atoms with E-state index in [0.29, 0.717) is 9.89 Å². The Labute approximate surface area is 105 Å². The maximum atomic E-state index is 13.2. The van der Waals surface area contributed by atoms with E-state index in [9.17, 15) is 4.39 Å². The fraction of sp³-hybridized carbons (Fsp3) is 0.538. The Morgan fingerprint density at radius 3 is 2.75 bits per heavy atom. The Balaban J connectivity index is 1.79. The van der Waals surface area contributed by atoms with E-state index in [-0.39, 0.29) is 5.82 Å². The van der Waals surface area contributed by atoms with Crippen LogP contribution in [0, 0.1) is 17.2 Å². The van der Waals surface area contributed by atoms with E-state index in [0.717, 1.165) is 24.6 Å². The van der Waals surface area contributed by atoms with Crippen LogP contribution in [0.15, 0.2) is 22.7 Å². The molecule has 1 unspecified atom stereocenters. The fourth-order valence-electron chi connectivity index (χ4n) is 1.96. The second kappa shape index (κ2) is 4.46. The van der Waals surface area contributed by atoms with E-state index in [2.05, 4.69) is 35.1 Å². The summed E-state index contributed by atoms with van der Waals surface area (Å²) in [5, 5.41) is 3.38. The zero-order chi connectivity index (χ0) is 11.8. The van der Waals surface area contributed by atoms with Crippen LogP contribution < -0.4 is 5.32 Å². The van der Waals surface area contributed by atoms with Crippen molar-refractivity contribution >= 4 is 15.9 Å². The van der Waals surface area contributed by atoms with Crippen LogP contribution in [0.25, 0.3) is 0 Å². The van der Waals surface area contributed by atoms with Gasteiger partial charge in [-0.05, 0) is 57.9 Å². The number of hydrogen-bond acceptors (Lipinski definition) is 1. The summed E-state index contributed by atoms with van der Waals surface area (Å²) < 4.78 is 13.8. The van der Waals surface area contributed by atoms with Gasteiger partial charge in [-0.15, -0.1) is 0 Å². The summed E-state index contributed by atoms with van der Waals surface area (Å²) in [5.41, 5.74) is 1.51. The van der Waals surface area contributed by atoms with Crippen molar-refractivity contribution in [3.63, 3.8) is 0 Å². The van der Waals surface area contributed by atoms with E-state index in [1.54, 1.807) is 12.1 Å². The molecule has 0 bridgehead atoms. The van der Waals surface area contributed by atoms with Crippen LogP contribution in [0.5, 0.6) is 0 Å². The quantitative estimate of drug-likeness (QED) is 0.889. The normalized spacial score (nSPS) is 22.1. The third-order valence-electron chi connectivity index (χ3n) is 3.42. The van der Waals surface area contributed by atoms with Crippen molar-refractivity contribution in [2.75, 3.05) is 6.54 Å². The molecule has 0 amide bonds. The summed E-state index contributed by atoms with van der Waals surface area (Å²) in [6.07, 6.45) is 1.30. The third kappa shape index (κ3) is 2.83. The molecule has 0 heterocycles. The van der Waals surface area contributed by atoms with Crippen molar-refractivity contribution in [1.29, 1.82) is 0 Å². The monoisotopic (exact) mass is 285 g/mol. The Kier molecular flexibility index (Phi) is 3.36. The lowest BCUT2D eigenvalue weighted by molar-refractivity contribution is 0.518. The molecule has 1 aliphatic carbocycles. The molecule has 0 radical (unpaired) electrons. The van der Waals surface area contributed by atoms with E-state index in [1.807, 2.05) is 6.07 Å². The Morgan fingerprint density at radius 1 is 1.50 bits per heavy atom. The lowest BCUT2D eigenvalue weighted by Crippen LogP contribution is -2.18. The Morgan fingerprint density at radius 2 is 2.19 bits per heavy atom. The van der Waals surface area contributed by atoms with Crippen molar-refractivity contribution in [3.8, 4) is 0 Å². The smallest absolute Gasteiger partial charge is 0.137 e. The van der Waals surface area contributed by atoms with Crippen LogP contribution in [0.4, 0.5) is 4.39 Å². The van der Waals surface area contributed by atoms with Gasteiger partial charge in [0.1, 0.15) is 5.82 Å². The van der Waals surface area contributed by atoms with Crippen LogP contribution in [-0.2, 0) is 6.54 Å². The van der Waals surface area contributed by atoms with Gasteiger partial charge < -0.3 is 5.32 Å². The van der Waals surface area contributed by atoms with Crippen molar-refractivity contribution < 1.29 is 4.39 Å². The largest absolute Gasteiger partial charge is 0.312 e. The van der Waals surface area contributed by atoms with E-state index >= 15 is 0 Å². The van der Waals surface area contributed by atoms with Gasteiger partial charge in [0.15, 0.2) is 0 Å². The minimum absolute atomic E-state index is 0.189. The first-order valence-electron chi connectivity index (χ1n) is 5.64. The van der Waals surface area contributed by atoms with Gasteiger partial charge in [-0.2, -0.15) is 0 Å². The van der Waals surface area contributed by atoms with E-state index in [1.165, 1.54) is 6.42 Å². The molecular weight excluding hydrogens is 269 g/mol. The predicted octanol–water partition coefficient (Wildman–Crippen LogP) is 3.72. The molecule has 1 aromatic carbocycles. The van der Waals surface area contributed by atoms with Gasteiger partial charge in [0, 0.05) is 6.54 Å². The third-order valence-corrected chi connectivity index (χ3v) is 4.06. The molecule has 1 atom stereocenters. The molecule has 16 heavy (non-hydrogen) atoms. The van der Waals surface area contributed by atoms with Gasteiger partial charge in [-0.3, -0.25) is 0 Å². The maximum Gasteiger partial charge on any atom is 0.137 e. The zero-order valence-electron chi connectivity index (χ0n) is 9.69. The zero-order valence-corrected chi connectivity index (χ0v) is 11.3. The molecule has 0 spiro atoms. The molecule has 3 heteroatoms. The molecular formula is C13H17BrFN. The first kappa shape index (κ1) is 12.1. The Bertz CT molecular complexity index is 390. The average Bonchev–Trinajstić information content (AvgIpc) is 2.80. The van der Waals surface area contributed by atoms with Gasteiger partial charge >= 0.3 is 0 Å². The summed E-state index contributed by atoms with van der Waals surface area (Å²) in [7, 11) is 0. The molecule has 1 aromatic rings. The number of hydrogen-bond donors (Lipinski definition) is 1. The predicted molar refractivity (Wildman–Crippen MR) is 67.7 cm³/mol. The van der Waals surface area contributed by atoms with Crippen molar-refractivity contribution in [1.82, 2.24) is 5.32 Å². The van der Waals surface area contributed by atoms with Gasteiger partial charge in [0.25, 0.3) is 0 Å². The number of halogens is 2. The standard InChI is InChI=1S/C13H17BrFN/c1-13(2)6-10(13)8-16-7-9-3-4-11(14)12(15)5-9/h3-5,10,16H,6-8H2,1-2H3. The van der Waals surface area contributed by atoms with Crippen molar-refractivity contribution in [2.45, 2.75) is 26.8 Å². The highest BCUT2D eigenvalue weighted by Crippen LogP contribution is 2.50. The highest BCUT2D eigenvalue weighted by atomic mass is 79.9. The second-order valence-corrected chi connectivity index (χ2v) is 6.12. The lowest BCUT2D eigenvalue weighted by atomic mass is 10.1. The second-order valence-electron chi connectivity index (χ2n) is 5.27. The highest BCUT2D eigenvalue weighted by molar-refractivity contribution is 9.10. The summed E-state index contributed by atoms with van der Waals surface area (Å²) in [4.78, 5) is 0. The first-order chi connectivity index (χ1) is 7.49. The molecule has 1 aliphatic rings. The average molecular weight is 286 g/mol. The maximum absolute atomic E-state index is 13.2. The molecule has 0 saturated heterocycles. The van der Waals surface area contributed by atoms with Crippen LogP contribution in [-0.4, -0.2) is 6.54 Å².